The van der Waals surface area contributed by atoms with Gasteiger partial charge in [0.05, 0.1) is 22.3 Å². The second kappa shape index (κ2) is 12.3. The molecule has 1 N–H and O–H groups in total. The van der Waals surface area contributed by atoms with Crippen molar-refractivity contribution in [2.24, 2.45) is 7.05 Å². The van der Waals surface area contributed by atoms with Gasteiger partial charge in [0.25, 0.3) is 0 Å². The fraction of sp³-hybridized carbons (Fsp3) is 0.348. The van der Waals surface area contributed by atoms with E-state index >= 15 is 0 Å². The molecule has 4 aromatic carbocycles. The van der Waals surface area contributed by atoms with Gasteiger partial charge in [0.1, 0.15) is 11.6 Å². The zero-order valence-corrected chi connectivity index (χ0v) is 32.0. The van der Waals surface area contributed by atoms with E-state index in [9.17, 15) is 5.11 Å². The maximum atomic E-state index is 12.2. The van der Waals surface area contributed by atoms with Crippen LogP contribution < -0.4 is 0 Å². The van der Waals surface area contributed by atoms with Crippen molar-refractivity contribution in [3.05, 3.63) is 125 Å². The molecule has 0 aliphatic rings. The summed E-state index contributed by atoms with van der Waals surface area (Å²) in [6.07, 6.45) is 1.93. The molecule has 4 heteroatoms. The molecule has 0 fully saturated rings. The molecule has 4 nitrogen and oxygen atoms in total. The number of nitrogens with zero attached hydrogens (tertiary/aromatic N) is 3. The zero-order chi connectivity index (χ0) is 36.4. The molecule has 258 valence electrons. The van der Waals surface area contributed by atoms with Crippen molar-refractivity contribution in [3.63, 3.8) is 0 Å². The first-order chi connectivity index (χ1) is 23.3. The maximum absolute atomic E-state index is 12.2. The number of aryl methyl sites for hydroxylation is 1. The van der Waals surface area contributed by atoms with E-state index in [0.717, 1.165) is 61.5 Å². The minimum atomic E-state index is -0.431. The minimum Gasteiger partial charge on any atom is -0.507 e. The third-order valence-corrected chi connectivity index (χ3v) is 10.3. The number of hydrogen-bond donors (Lipinski definition) is 1. The first kappa shape index (κ1) is 35.1. The molecule has 2 heterocycles. The number of rotatable bonds is 5. The first-order valence-electron chi connectivity index (χ1n) is 17.8. The minimum absolute atomic E-state index is 0.0180. The van der Waals surface area contributed by atoms with E-state index in [4.69, 9.17) is 9.97 Å². The summed E-state index contributed by atoms with van der Waals surface area (Å²) < 4.78 is 2.13. The second-order valence-electron chi connectivity index (χ2n) is 17.6. The molecule has 0 spiro atoms. The molecule has 0 saturated heterocycles. The number of phenolic OH excluding ortho intramolecular Hbond substituents is 1. The van der Waals surface area contributed by atoms with Gasteiger partial charge in [0.15, 0.2) is 0 Å². The number of imidazole rings is 1. The molecule has 0 unspecified atom stereocenters. The predicted molar refractivity (Wildman–Crippen MR) is 211 cm³/mol. The molecule has 0 aliphatic carbocycles. The van der Waals surface area contributed by atoms with Crippen LogP contribution in [0.15, 0.2) is 97.2 Å². The van der Waals surface area contributed by atoms with Crippen LogP contribution in [0.2, 0.25) is 0 Å². The molecular formula is C46H53N3O. The molecular weight excluding hydrogens is 611 g/mol. The Bertz CT molecular complexity index is 2200. The lowest BCUT2D eigenvalue weighted by atomic mass is 9.74. The SMILES string of the molecule is Cn1c(-c2cc(C(C)(C)C)cc(C(C)(C)c3ccccc3)c2O)nc2c(-c3cc(-c4cc(C(C)(C)C)ccn4)cc(C(C)(C)C)c3)cccc21. The Hall–Kier alpha value is -4.70. The zero-order valence-electron chi connectivity index (χ0n) is 32.0. The van der Waals surface area contributed by atoms with Crippen LogP contribution in [0.1, 0.15) is 104 Å². The quantitative estimate of drug-likeness (QED) is 0.200. The summed E-state index contributed by atoms with van der Waals surface area (Å²) in [5, 5.41) is 12.2. The molecule has 50 heavy (non-hydrogen) atoms. The van der Waals surface area contributed by atoms with E-state index < -0.39 is 5.41 Å². The Balaban J connectivity index is 1.58. The number of para-hydroxylation sites is 1. The van der Waals surface area contributed by atoms with Crippen LogP contribution in [0.3, 0.4) is 0 Å². The standard InChI is InChI=1S/C46H53N3O/c1-43(2,3)32-21-22-47-38(28-32)30-23-29(24-33(25-30)44(4,5)6)35-19-16-20-39-40(35)48-42(49(39)12)36-26-34(45(7,8)9)27-37(41(36)50)46(10,11)31-17-14-13-15-18-31/h13-28,50H,1-12H3. The topological polar surface area (TPSA) is 50.9 Å². The van der Waals surface area contributed by atoms with Crippen molar-refractivity contribution >= 4 is 11.0 Å². The van der Waals surface area contributed by atoms with Gasteiger partial charge in [0.2, 0.25) is 0 Å². The number of benzene rings is 4. The summed E-state index contributed by atoms with van der Waals surface area (Å²) in [5.74, 6) is 1.02. The third-order valence-electron chi connectivity index (χ3n) is 10.3. The lowest BCUT2D eigenvalue weighted by Crippen LogP contribution is -2.21. The number of aromatic hydroxyl groups is 1. The van der Waals surface area contributed by atoms with Crippen LogP contribution in [0.25, 0.3) is 44.8 Å². The van der Waals surface area contributed by atoms with Crippen molar-refractivity contribution in [2.45, 2.75) is 97.8 Å². The monoisotopic (exact) mass is 663 g/mol. The van der Waals surface area contributed by atoms with E-state index in [1.807, 2.05) is 12.3 Å². The molecule has 0 radical (unpaired) electrons. The van der Waals surface area contributed by atoms with Crippen LogP contribution in [-0.4, -0.2) is 19.6 Å². The van der Waals surface area contributed by atoms with Crippen LogP contribution in [0, 0.1) is 0 Å². The Labute approximate surface area is 299 Å². The molecule has 0 aliphatic heterocycles. The summed E-state index contributed by atoms with van der Waals surface area (Å²) in [4.78, 5) is 10.2. The van der Waals surface area contributed by atoms with Gasteiger partial charge < -0.3 is 9.67 Å². The summed E-state index contributed by atoms with van der Waals surface area (Å²) in [7, 11) is 2.05. The summed E-state index contributed by atoms with van der Waals surface area (Å²) >= 11 is 0. The number of hydrogen-bond acceptors (Lipinski definition) is 3. The first-order valence-corrected chi connectivity index (χ1v) is 17.8. The highest BCUT2D eigenvalue weighted by Gasteiger charge is 2.31. The van der Waals surface area contributed by atoms with Crippen LogP contribution in [0.5, 0.6) is 5.75 Å². The van der Waals surface area contributed by atoms with Crippen molar-refractivity contribution in [1.82, 2.24) is 14.5 Å². The lowest BCUT2D eigenvalue weighted by molar-refractivity contribution is 0.452. The fourth-order valence-corrected chi connectivity index (χ4v) is 6.83. The van der Waals surface area contributed by atoms with Gasteiger partial charge in [-0.15, -0.1) is 0 Å². The van der Waals surface area contributed by atoms with E-state index in [2.05, 4.69) is 173 Å². The van der Waals surface area contributed by atoms with Crippen LogP contribution in [0.4, 0.5) is 0 Å². The largest absolute Gasteiger partial charge is 0.507 e. The lowest BCUT2D eigenvalue weighted by Gasteiger charge is -2.30. The molecule has 0 amide bonds. The normalized spacial score (nSPS) is 12.9. The van der Waals surface area contributed by atoms with Gasteiger partial charge in [-0.1, -0.05) is 131 Å². The van der Waals surface area contributed by atoms with E-state index in [1.54, 1.807) is 0 Å². The van der Waals surface area contributed by atoms with Crippen LogP contribution in [-0.2, 0) is 28.7 Å². The number of phenols is 1. The van der Waals surface area contributed by atoms with E-state index in [1.165, 1.54) is 11.1 Å². The molecule has 6 aromatic rings. The Kier molecular flexibility index (Phi) is 8.62. The molecule has 6 rings (SSSR count). The van der Waals surface area contributed by atoms with Gasteiger partial charge in [-0.25, -0.2) is 4.98 Å². The summed E-state index contributed by atoms with van der Waals surface area (Å²) in [5.41, 5.74) is 12.0. The van der Waals surface area contributed by atoms with E-state index in [-0.39, 0.29) is 22.0 Å². The van der Waals surface area contributed by atoms with Gasteiger partial charge in [-0.05, 0) is 80.5 Å². The smallest absolute Gasteiger partial charge is 0.144 e. The Morgan fingerprint density at radius 2 is 1.18 bits per heavy atom. The third kappa shape index (κ3) is 6.49. The molecule has 0 atom stereocenters. The van der Waals surface area contributed by atoms with Gasteiger partial charge in [0, 0.05) is 35.3 Å². The van der Waals surface area contributed by atoms with Crippen molar-refractivity contribution in [3.8, 4) is 39.5 Å². The molecule has 0 saturated carbocycles. The Morgan fingerprint density at radius 1 is 0.560 bits per heavy atom. The summed E-state index contributed by atoms with van der Waals surface area (Å²) in [6.45, 7) is 24.5. The average molecular weight is 664 g/mol. The molecule has 2 aromatic heterocycles. The average Bonchev–Trinajstić information content (AvgIpc) is 3.39. The van der Waals surface area contributed by atoms with Gasteiger partial charge >= 0.3 is 0 Å². The predicted octanol–water partition coefficient (Wildman–Crippen LogP) is 11.9. The molecule has 0 bridgehead atoms. The Morgan fingerprint density at radius 3 is 1.82 bits per heavy atom. The number of aromatic nitrogens is 3. The number of pyridine rings is 1. The fourth-order valence-electron chi connectivity index (χ4n) is 6.83. The summed E-state index contributed by atoms with van der Waals surface area (Å²) in [6, 6.07) is 32.3. The maximum Gasteiger partial charge on any atom is 0.144 e. The van der Waals surface area contributed by atoms with Crippen LogP contribution >= 0.6 is 0 Å². The van der Waals surface area contributed by atoms with Crippen molar-refractivity contribution in [1.29, 1.82) is 0 Å². The van der Waals surface area contributed by atoms with Gasteiger partial charge in [-0.3, -0.25) is 4.98 Å². The highest BCUT2D eigenvalue weighted by molar-refractivity contribution is 5.95. The highest BCUT2D eigenvalue weighted by Crippen LogP contribution is 2.45. The second-order valence-corrected chi connectivity index (χ2v) is 17.6. The van der Waals surface area contributed by atoms with Gasteiger partial charge in [-0.2, -0.15) is 0 Å². The van der Waals surface area contributed by atoms with Crippen molar-refractivity contribution in [2.75, 3.05) is 0 Å². The number of fused-ring (bicyclic) bond motifs is 1. The van der Waals surface area contributed by atoms with E-state index in [0.29, 0.717) is 0 Å². The van der Waals surface area contributed by atoms with Crippen molar-refractivity contribution < 1.29 is 5.11 Å². The highest BCUT2D eigenvalue weighted by atomic mass is 16.3.